The summed E-state index contributed by atoms with van der Waals surface area (Å²) < 4.78 is 4.68. The standard InChI is InChI=1S/C26H28N3.HI/c1-4-6-18(3)27-22-10-13-25-21(16-22)8-11-23-17-28-24-12-7-19(5-2)15-20(24)9-14-26(28)29(23)25;/h7-18,27H,4-6H2,1-3H3;1H/q+1;/p-1. The lowest BCUT2D eigenvalue weighted by atomic mass is 10.1. The number of benzene rings is 2. The van der Waals surface area contributed by atoms with Gasteiger partial charge in [-0.2, -0.15) is 8.80 Å². The molecule has 5 rings (SSSR count). The topological polar surface area (TPSA) is 20.5 Å². The van der Waals surface area contributed by atoms with Crippen molar-refractivity contribution in [2.45, 2.75) is 46.1 Å². The van der Waals surface area contributed by atoms with Crippen LogP contribution in [0.4, 0.5) is 5.69 Å². The molecule has 0 amide bonds. The smallest absolute Gasteiger partial charge is 0.292 e. The minimum Gasteiger partial charge on any atom is -1.00 e. The molecule has 0 saturated carbocycles. The summed E-state index contributed by atoms with van der Waals surface area (Å²) in [6.07, 6.45) is 5.69. The number of imidazole rings is 1. The van der Waals surface area contributed by atoms with Gasteiger partial charge in [0.2, 0.25) is 0 Å². The summed E-state index contributed by atoms with van der Waals surface area (Å²) in [4.78, 5) is 0. The largest absolute Gasteiger partial charge is 1.00 e. The molecule has 0 aliphatic rings. The average molecular weight is 509 g/mol. The zero-order chi connectivity index (χ0) is 20.0. The Morgan fingerprint density at radius 2 is 1.77 bits per heavy atom. The third-order valence-corrected chi connectivity index (χ3v) is 6.00. The first-order valence-electron chi connectivity index (χ1n) is 10.8. The molecule has 5 aromatic rings. The molecular weight excluding hydrogens is 481 g/mol. The van der Waals surface area contributed by atoms with Gasteiger partial charge in [-0.1, -0.05) is 26.3 Å². The molecule has 154 valence electrons. The van der Waals surface area contributed by atoms with E-state index in [9.17, 15) is 0 Å². The Kier molecular flexibility index (Phi) is 5.87. The third-order valence-electron chi connectivity index (χ3n) is 6.00. The fourth-order valence-electron chi connectivity index (χ4n) is 4.51. The van der Waals surface area contributed by atoms with Crippen LogP contribution in [0.15, 0.2) is 66.9 Å². The van der Waals surface area contributed by atoms with Crippen LogP contribution in [-0.4, -0.2) is 10.4 Å². The van der Waals surface area contributed by atoms with E-state index in [1.54, 1.807) is 0 Å². The van der Waals surface area contributed by atoms with E-state index in [4.69, 9.17) is 0 Å². The van der Waals surface area contributed by atoms with Crippen molar-refractivity contribution in [1.29, 1.82) is 0 Å². The van der Waals surface area contributed by atoms with Gasteiger partial charge in [0.25, 0.3) is 5.65 Å². The molecule has 3 heterocycles. The number of aromatic nitrogens is 2. The minimum absolute atomic E-state index is 0. The number of nitrogens with one attached hydrogen (secondary N) is 1. The number of halogens is 1. The summed E-state index contributed by atoms with van der Waals surface area (Å²) in [5.41, 5.74) is 7.47. The maximum Gasteiger partial charge on any atom is 0.292 e. The minimum atomic E-state index is 0. The van der Waals surface area contributed by atoms with E-state index in [-0.39, 0.29) is 24.0 Å². The van der Waals surface area contributed by atoms with Gasteiger partial charge in [-0.15, -0.1) is 0 Å². The van der Waals surface area contributed by atoms with Crippen molar-refractivity contribution in [3.8, 4) is 0 Å². The molecule has 2 aromatic carbocycles. The Labute approximate surface area is 194 Å². The van der Waals surface area contributed by atoms with E-state index in [1.165, 1.54) is 57.1 Å². The molecule has 0 spiro atoms. The molecule has 1 atom stereocenters. The van der Waals surface area contributed by atoms with E-state index < -0.39 is 0 Å². The van der Waals surface area contributed by atoms with Gasteiger partial charge >= 0.3 is 0 Å². The zero-order valence-electron chi connectivity index (χ0n) is 17.8. The van der Waals surface area contributed by atoms with Gasteiger partial charge in [0, 0.05) is 28.6 Å². The lowest BCUT2D eigenvalue weighted by molar-refractivity contribution is -0.479. The Morgan fingerprint density at radius 3 is 2.57 bits per heavy atom. The monoisotopic (exact) mass is 509 g/mol. The van der Waals surface area contributed by atoms with Crippen molar-refractivity contribution in [3.05, 3.63) is 72.4 Å². The fraction of sp³-hybridized carbons (Fsp3) is 0.269. The molecule has 1 N–H and O–H groups in total. The molecule has 0 fully saturated rings. The van der Waals surface area contributed by atoms with Gasteiger partial charge < -0.3 is 29.3 Å². The molecular formula is C26H28IN3. The number of rotatable bonds is 5. The van der Waals surface area contributed by atoms with Crippen LogP contribution in [0.3, 0.4) is 0 Å². The number of aryl methyl sites for hydroxylation is 1. The Balaban J connectivity index is 0.00000218. The molecule has 3 nitrogen and oxygen atoms in total. The second kappa shape index (κ2) is 8.42. The number of nitrogens with zero attached hydrogens (tertiary/aromatic N) is 2. The highest BCUT2D eigenvalue weighted by Gasteiger charge is 2.17. The Bertz CT molecular complexity index is 1350. The van der Waals surface area contributed by atoms with Gasteiger partial charge in [0.1, 0.15) is 17.2 Å². The van der Waals surface area contributed by atoms with E-state index in [0.29, 0.717) is 6.04 Å². The van der Waals surface area contributed by atoms with Crippen LogP contribution < -0.4 is 33.7 Å². The maximum absolute atomic E-state index is 3.63. The lowest BCUT2D eigenvalue weighted by Crippen LogP contribution is -3.00. The molecule has 1 unspecified atom stereocenters. The average Bonchev–Trinajstić information content (AvgIpc) is 3.12. The van der Waals surface area contributed by atoms with E-state index in [2.05, 4.69) is 102 Å². The zero-order valence-corrected chi connectivity index (χ0v) is 20.0. The highest BCUT2D eigenvalue weighted by atomic mass is 127. The summed E-state index contributed by atoms with van der Waals surface area (Å²) in [5, 5.41) is 6.18. The second-order valence-corrected chi connectivity index (χ2v) is 8.14. The van der Waals surface area contributed by atoms with Crippen molar-refractivity contribution >= 4 is 38.7 Å². The van der Waals surface area contributed by atoms with Crippen LogP contribution in [0.1, 0.15) is 39.2 Å². The molecule has 0 bridgehead atoms. The molecule has 0 aliphatic carbocycles. The SMILES string of the molecule is CCCC(C)Nc1ccc2c(ccc3c[n+]4c5ccc(CC)cc5ccc4n32)c1.[I-]. The van der Waals surface area contributed by atoms with Crippen molar-refractivity contribution in [2.24, 2.45) is 0 Å². The van der Waals surface area contributed by atoms with Crippen molar-refractivity contribution in [1.82, 2.24) is 4.40 Å². The van der Waals surface area contributed by atoms with Gasteiger partial charge in [-0.05, 0) is 73.9 Å². The Morgan fingerprint density at radius 1 is 0.933 bits per heavy atom. The molecule has 0 radical (unpaired) electrons. The highest BCUT2D eigenvalue weighted by molar-refractivity contribution is 5.88. The molecule has 0 aliphatic heterocycles. The number of anilines is 1. The van der Waals surface area contributed by atoms with Crippen LogP contribution in [-0.2, 0) is 6.42 Å². The first-order valence-corrected chi connectivity index (χ1v) is 10.8. The van der Waals surface area contributed by atoms with Gasteiger partial charge in [-0.25, -0.2) is 0 Å². The predicted molar refractivity (Wildman–Crippen MR) is 123 cm³/mol. The van der Waals surface area contributed by atoms with E-state index >= 15 is 0 Å². The first-order chi connectivity index (χ1) is 14.2. The number of fused-ring (bicyclic) bond motifs is 7. The molecule has 0 saturated heterocycles. The molecule has 30 heavy (non-hydrogen) atoms. The summed E-state index contributed by atoms with van der Waals surface area (Å²) in [5.74, 6) is 0. The van der Waals surface area contributed by atoms with Crippen LogP contribution >= 0.6 is 0 Å². The number of hydrogen-bond acceptors (Lipinski definition) is 1. The normalized spacial score (nSPS) is 12.5. The summed E-state index contributed by atoms with van der Waals surface area (Å²) in [7, 11) is 0. The summed E-state index contributed by atoms with van der Waals surface area (Å²) >= 11 is 0. The Hall–Kier alpha value is -2.34. The van der Waals surface area contributed by atoms with Crippen molar-refractivity contribution in [2.75, 3.05) is 5.32 Å². The lowest BCUT2D eigenvalue weighted by Gasteiger charge is -2.14. The van der Waals surface area contributed by atoms with Gasteiger partial charge in [0.05, 0.1) is 0 Å². The van der Waals surface area contributed by atoms with Crippen molar-refractivity contribution < 1.29 is 28.4 Å². The second-order valence-electron chi connectivity index (χ2n) is 8.14. The van der Waals surface area contributed by atoms with Crippen LogP contribution in [0.5, 0.6) is 0 Å². The van der Waals surface area contributed by atoms with Crippen LogP contribution in [0.2, 0.25) is 0 Å². The van der Waals surface area contributed by atoms with Gasteiger partial charge in [-0.3, -0.25) is 0 Å². The number of pyridine rings is 2. The molecule has 4 heteroatoms. The van der Waals surface area contributed by atoms with Crippen LogP contribution in [0.25, 0.3) is 33.0 Å². The number of hydrogen-bond donors (Lipinski definition) is 1. The first kappa shape index (κ1) is 20.9. The summed E-state index contributed by atoms with van der Waals surface area (Å²) in [6, 6.07) is 22.9. The maximum atomic E-state index is 3.63. The van der Waals surface area contributed by atoms with E-state index in [1.807, 2.05) is 0 Å². The summed E-state index contributed by atoms with van der Waals surface area (Å²) in [6.45, 7) is 6.69. The quantitative estimate of drug-likeness (QED) is 0.285. The van der Waals surface area contributed by atoms with Crippen LogP contribution in [0, 0.1) is 0 Å². The predicted octanol–water partition coefficient (Wildman–Crippen LogP) is 3.15. The fourth-order valence-corrected chi connectivity index (χ4v) is 4.51. The molecule has 3 aromatic heterocycles. The highest BCUT2D eigenvalue weighted by Crippen LogP contribution is 2.24. The third kappa shape index (κ3) is 3.51. The van der Waals surface area contributed by atoms with E-state index in [0.717, 1.165) is 6.42 Å². The van der Waals surface area contributed by atoms with Crippen molar-refractivity contribution in [3.63, 3.8) is 0 Å². The van der Waals surface area contributed by atoms with Gasteiger partial charge in [0.15, 0.2) is 5.52 Å².